The zero-order valence-electron chi connectivity index (χ0n) is 15.5. The molecule has 0 bridgehead atoms. The molecular formula is C18H21NO7S. The molecular weight excluding hydrogens is 374 g/mol. The Kier molecular flexibility index (Phi) is 6.51. The maximum Gasteiger partial charge on any atom is 0.326 e. The maximum absolute atomic E-state index is 13.2. The molecule has 9 heteroatoms. The van der Waals surface area contributed by atoms with Gasteiger partial charge in [0.15, 0.2) is 11.5 Å². The van der Waals surface area contributed by atoms with Crippen LogP contribution in [0.4, 0.5) is 5.69 Å². The number of rotatable bonds is 8. The topological polar surface area (TPSA) is 91.4 Å². The lowest BCUT2D eigenvalue weighted by atomic mass is 10.3. The number of hydrogen-bond donors (Lipinski definition) is 0. The summed E-state index contributed by atoms with van der Waals surface area (Å²) in [6.07, 6.45) is 0. The molecule has 0 spiro atoms. The van der Waals surface area contributed by atoms with Crippen molar-refractivity contribution >= 4 is 21.7 Å². The second kappa shape index (κ2) is 8.63. The number of esters is 1. The van der Waals surface area contributed by atoms with Crippen molar-refractivity contribution in [3.05, 3.63) is 42.5 Å². The van der Waals surface area contributed by atoms with E-state index >= 15 is 0 Å². The Bertz CT molecular complexity index is 912. The standard InChI is InChI=1S/C18H21NO7S/c1-23-14-7-5-6-13(10-14)19(12-18(20)26-4)27(21,22)15-8-9-16(24-2)17(11-15)25-3/h5-11H,12H2,1-4H3. The molecule has 0 fully saturated rings. The van der Waals surface area contributed by atoms with E-state index in [1.165, 1.54) is 52.7 Å². The number of sulfonamides is 1. The maximum atomic E-state index is 13.2. The molecule has 0 radical (unpaired) electrons. The molecule has 0 saturated carbocycles. The summed E-state index contributed by atoms with van der Waals surface area (Å²) in [5.74, 6) is 0.381. The summed E-state index contributed by atoms with van der Waals surface area (Å²) in [6, 6.07) is 10.6. The van der Waals surface area contributed by atoms with Crippen molar-refractivity contribution in [1.29, 1.82) is 0 Å². The molecule has 2 aromatic rings. The minimum atomic E-state index is -4.10. The minimum Gasteiger partial charge on any atom is -0.497 e. The monoisotopic (exact) mass is 395 g/mol. The number of methoxy groups -OCH3 is 4. The van der Waals surface area contributed by atoms with Gasteiger partial charge in [0, 0.05) is 12.1 Å². The number of hydrogen-bond acceptors (Lipinski definition) is 7. The molecule has 27 heavy (non-hydrogen) atoms. The molecule has 146 valence electrons. The van der Waals surface area contributed by atoms with Crippen LogP contribution in [0.2, 0.25) is 0 Å². The Morgan fingerprint density at radius 1 is 0.926 bits per heavy atom. The van der Waals surface area contributed by atoms with Gasteiger partial charge >= 0.3 is 5.97 Å². The first-order valence-electron chi connectivity index (χ1n) is 7.83. The zero-order chi connectivity index (χ0) is 20.0. The van der Waals surface area contributed by atoms with Crippen molar-refractivity contribution in [2.45, 2.75) is 4.90 Å². The zero-order valence-corrected chi connectivity index (χ0v) is 16.3. The molecule has 0 aromatic heterocycles. The lowest BCUT2D eigenvalue weighted by Gasteiger charge is -2.24. The number of nitrogens with zero attached hydrogens (tertiary/aromatic N) is 1. The van der Waals surface area contributed by atoms with E-state index in [0.717, 1.165) is 4.31 Å². The van der Waals surface area contributed by atoms with E-state index in [9.17, 15) is 13.2 Å². The molecule has 0 N–H and O–H groups in total. The highest BCUT2D eigenvalue weighted by atomic mass is 32.2. The fraction of sp³-hybridized carbons (Fsp3) is 0.278. The normalized spacial score (nSPS) is 10.8. The average molecular weight is 395 g/mol. The summed E-state index contributed by atoms with van der Waals surface area (Å²) < 4.78 is 47.5. The molecule has 0 amide bonds. The van der Waals surface area contributed by atoms with Gasteiger partial charge < -0.3 is 18.9 Å². The van der Waals surface area contributed by atoms with Crippen molar-refractivity contribution in [3.63, 3.8) is 0 Å². The van der Waals surface area contributed by atoms with Crippen LogP contribution in [-0.2, 0) is 19.6 Å². The molecule has 8 nitrogen and oxygen atoms in total. The van der Waals surface area contributed by atoms with Crippen molar-refractivity contribution in [2.24, 2.45) is 0 Å². The highest BCUT2D eigenvalue weighted by Crippen LogP contribution is 2.32. The van der Waals surface area contributed by atoms with Gasteiger partial charge in [0.1, 0.15) is 12.3 Å². The van der Waals surface area contributed by atoms with Crippen LogP contribution in [0, 0.1) is 0 Å². The van der Waals surface area contributed by atoms with Gasteiger partial charge in [-0.05, 0) is 24.3 Å². The summed E-state index contributed by atoms with van der Waals surface area (Å²) >= 11 is 0. The van der Waals surface area contributed by atoms with Crippen LogP contribution in [0.3, 0.4) is 0 Å². The summed E-state index contributed by atoms with van der Waals surface area (Å²) in [7, 11) is 1.41. The van der Waals surface area contributed by atoms with Gasteiger partial charge in [-0.2, -0.15) is 0 Å². The van der Waals surface area contributed by atoms with E-state index in [-0.39, 0.29) is 16.3 Å². The Morgan fingerprint density at radius 3 is 2.22 bits per heavy atom. The molecule has 0 unspecified atom stereocenters. The lowest BCUT2D eigenvalue weighted by Crippen LogP contribution is -2.36. The van der Waals surface area contributed by atoms with Crippen LogP contribution in [-0.4, -0.2) is 49.4 Å². The first-order valence-corrected chi connectivity index (χ1v) is 9.27. The molecule has 0 aliphatic rings. The van der Waals surface area contributed by atoms with Gasteiger partial charge in [0.2, 0.25) is 0 Å². The van der Waals surface area contributed by atoms with Gasteiger partial charge in [-0.25, -0.2) is 8.42 Å². The van der Waals surface area contributed by atoms with E-state index in [1.54, 1.807) is 18.2 Å². The van der Waals surface area contributed by atoms with E-state index in [0.29, 0.717) is 11.5 Å². The molecule has 0 aliphatic carbocycles. The average Bonchev–Trinajstić information content (AvgIpc) is 2.70. The second-order valence-corrected chi connectivity index (χ2v) is 7.17. The Labute approximate surface area is 158 Å². The van der Waals surface area contributed by atoms with Crippen molar-refractivity contribution < 1.29 is 32.2 Å². The van der Waals surface area contributed by atoms with Gasteiger partial charge in [-0.15, -0.1) is 0 Å². The van der Waals surface area contributed by atoms with Gasteiger partial charge in [-0.1, -0.05) is 6.07 Å². The van der Waals surface area contributed by atoms with Crippen LogP contribution < -0.4 is 18.5 Å². The number of carbonyl (C=O) groups excluding carboxylic acids is 1. The summed E-state index contributed by atoms with van der Waals surface area (Å²) in [6.45, 7) is -0.500. The third kappa shape index (κ3) is 4.43. The molecule has 0 aliphatic heterocycles. The van der Waals surface area contributed by atoms with Crippen molar-refractivity contribution in [2.75, 3.05) is 39.3 Å². The first kappa shape index (κ1) is 20.4. The van der Waals surface area contributed by atoms with Crippen LogP contribution in [0.5, 0.6) is 17.2 Å². The summed E-state index contributed by atoms with van der Waals surface area (Å²) in [5, 5.41) is 0. The Morgan fingerprint density at radius 2 is 1.63 bits per heavy atom. The number of benzene rings is 2. The van der Waals surface area contributed by atoms with Gasteiger partial charge in [-0.3, -0.25) is 9.10 Å². The SMILES string of the molecule is COC(=O)CN(c1cccc(OC)c1)S(=O)(=O)c1ccc(OC)c(OC)c1. The molecule has 2 rings (SSSR count). The van der Waals surface area contributed by atoms with E-state index in [4.69, 9.17) is 14.2 Å². The highest BCUT2D eigenvalue weighted by molar-refractivity contribution is 7.92. The fourth-order valence-corrected chi connectivity index (χ4v) is 3.78. The van der Waals surface area contributed by atoms with E-state index in [1.807, 2.05) is 0 Å². The predicted molar refractivity (Wildman–Crippen MR) is 99.1 cm³/mol. The second-order valence-electron chi connectivity index (χ2n) is 5.31. The Hall–Kier alpha value is -2.94. The number of anilines is 1. The smallest absolute Gasteiger partial charge is 0.326 e. The third-order valence-electron chi connectivity index (χ3n) is 3.78. The lowest BCUT2D eigenvalue weighted by molar-refractivity contribution is -0.138. The number of carbonyl (C=O) groups is 1. The van der Waals surface area contributed by atoms with E-state index in [2.05, 4.69) is 4.74 Å². The highest BCUT2D eigenvalue weighted by Gasteiger charge is 2.29. The van der Waals surface area contributed by atoms with Gasteiger partial charge in [0.25, 0.3) is 10.0 Å². The van der Waals surface area contributed by atoms with Crippen LogP contribution in [0.1, 0.15) is 0 Å². The van der Waals surface area contributed by atoms with Crippen LogP contribution in [0.25, 0.3) is 0 Å². The molecule has 0 heterocycles. The quantitative estimate of drug-likeness (QED) is 0.632. The molecule has 0 atom stereocenters. The third-order valence-corrected chi connectivity index (χ3v) is 5.55. The number of ether oxygens (including phenoxy) is 4. The predicted octanol–water partition coefficient (Wildman–Crippen LogP) is 2.08. The largest absolute Gasteiger partial charge is 0.497 e. The fourth-order valence-electron chi connectivity index (χ4n) is 2.37. The van der Waals surface area contributed by atoms with Crippen LogP contribution in [0.15, 0.2) is 47.4 Å². The summed E-state index contributed by atoms with van der Waals surface area (Å²) in [5.41, 5.74) is 0.259. The van der Waals surface area contributed by atoms with Gasteiger partial charge in [0.05, 0.1) is 39.0 Å². The van der Waals surface area contributed by atoms with E-state index < -0.39 is 22.5 Å². The van der Waals surface area contributed by atoms with Crippen molar-refractivity contribution in [1.82, 2.24) is 0 Å². The first-order chi connectivity index (χ1) is 12.9. The molecule has 0 saturated heterocycles. The van der Waals surface area contributed by atoms with Crippen molar-refractivity contribution in [3.8, 4) is 17.2 Å². The minimum absolute atomic E-state index is 0.0631. The Balaban J connectivity index is 2.57. The molecule has 2 aromatic carbocycles. The summed E-state index contributed by atoms with van der Waals surface area (Å²) in [4.78, 5) is 11.8. The van der Waals surface area contributed by atoms with Crippen LogP contribution >= 0.6 is 0 Å².